The summed E-state index contributed by atoms with van der Waals surface area (Å²) in [5.74, 6) is -2.98. The number of carbonyl (C=O) groups excluding carboxylic acids is 3. The Kier molecular flexibility index (Phi) is 11.1. The molecule has 2 aliphatic rings. The highest BCUT2D eigenvalue weighted by Crippen LogP contribution is 2.32. The first kappa shape index (κ1) is 32.1. The third kappa shape index (κ3) is 8.25. The molecule has 0 spiro atoms. The Bertz CT molecular complexity index is 1430. The van der Waals surface area contributed by atoms with Crippen molar-refractivity contribution in [2.24, 2.45) is 11.8 Å². The maximum atomic E-state index is 13.9. The molecule has 0 saturated carbocycles. The zero-order valence-electron chi connectivity index (χ0n) is 25.1. The molecule has 1 fully saturated rings. The number of rotatable bonds is 8. The van der Waals surface area contributed by atoms with Gasteiger partial charge in [-0.2, -0.15) is 0 Å². The van der Waals surface area contributed by atoms with Crippen molar-refractivity contribution in [3.8, 4) is 0 Å². The van der Waals surface area contributed by atoms with Crippen LogP contribution in [0.15, 0.2) is 103 Å². The number of methoxy groups -OCH3 is 1. The summed E-state index contributed by atoms with van der Waals surface area (Å²) in [7, 11) is 1.35. The fourth-order valence-corrected chi connectivity index (χ4v) is 5.69. The summed E-state index contributed by atoms with van der Waals surface area (Å²) in [6.07, 6.45) is -0.935. The van der Waals surface area contributed by atoms with E-state index in [1.54, 1.807) is 30.3 Å². The number of allylic oxidation sites excluding steroid dienone is 2. The summed E-state index contributed by atoms with van der Waals surface area (Å²) in [5.41, 5.74) is 2.17. The monoisotopic (exact) mass is 614 g/mol. The Hall–Kier alpha value is -4.31. The van der Waals surface area contributed by atoms with Crippen LogP contribution in [0.1, 0.15) is 34.3 Å². The summed E-state index contributed by atoms with van der Waals surface area (Å²) in [6.45, 7) is -0.568. The number of benzene rings is 3. The molecule has 2 aliphatic heterocycles. The molecule has 45 heavy (non-hydrogen) atoms. The highest BCUT2D eigenvalue weighted by molar-refractivity contribution is 5.89. The molecule has 236 valence electrons. The topological polar surface area (TPSA) is 118 Å². The molecule has 2 heterocycles. The van der Waals surface area contributed by atoms with E-state index >= 15 is 0 Å². The molecule has 1 saturated heterocycles. The normalized spacial score (nSPS) is 27.2. The van der Waals surface area contributed by atoms with E-state index in [-0.39, 0.29) is 5.56 Å². The Morgan fingerprint density at radius 1 is 0.756 bits per heavy atom. The van der Waals surface area contributed by atoms with Crippen molar-refractivity contribution in [3.05, 3.63) is 120 Å². The van der Waals surface area contributed by atoms with Crippen LogP contribution in [0.5, 0.6) is 0 Å². The third-order valence-electron chi connectivity index (χ3n) is 8.08. The molecule has 0 aliphatic carbocycles. The highest BCUT2D eigenvalue weighted by Gasteiger charge is 2.53. The molecule has 9 nitrogen and oxygen atoms in total. The second-order valence-electron chi connectivity index (χ2n) is 11.2. The average Bonchev–Trinajstić information content (AvgIpc) is 3.07. The molecule has 3 aromatic rings. The Balaban J connectivity index is 1.52. The van der Waals surface area contributed by atoms with E-state index in [9.17, 15) is 19.5 Å². The van der Waals surface area contributed by atoms with E-state index in [1.807, 2.05) is 72.8 Å². The zero-order valence-corrected chi connectivity index (χ0v) is 25.1. The summed E-state index contributed by atoms with van der Waals surface area (Å²) >= 11 is 0. The third-order valence-corrected chi connectivity index (χ3v) is 8.08. The van der Waals surface area contributed by atoms with Crippen LogP contribution in [0, 0.1) is 11.8 Å². The van der Waals surface area contributed by atoms with E-state index < -0.39 is 67.1 Å². The van der Waals surface area contributed by atoms with Crippen LogP contribution in [0.3, 0.4) is 0 Å². The SMILES string of the molecule is CO[C@H]1O[C@H](CO)[C@H]2OC(=O)[C@@H](Cc3ccccc3)CC=CC[C@H](Cc3ccccc3)C(=O)O[C@@H]2[C@H]1OC(=O)c1ccccc1. The quantitative estimate of drug-likeness (QED) is 0.223. The van der Waals surface area contributed by atoms with Crippen molar-refractivity contribution < 1.29 is 43.2 Å². The second-order valence-corrected chi connectivity index (χ2v) is 11.2. The van der Waals surface area contributed by atoms with Gasteiger partial charge in [-0.05, 0) is 48.9 Å². The molecule has 3 aromatic carbocycles. The lowest BCUT2D eigenvalue weighted by Crippen LogP contribution is -2.63. The number of esters is 3. The van der Waals surface area contributed by atoms with Crippen LogP contribution in [0.4, 0.5) is 0 Å². The van der Waals surface area contributed by atoms with Gasteiger partial charge in [0.1, 0.15) is 6.10 Å². The maximum absolute atomic E-state index is 13.9. The Morgan fingerprint density at radius 3 is 1.73 bits per heavy atom. The van der Waals surface area contributed by atoms with Crippen LogP contribution in [0.25, 0.3) is 0 Å². The molecule has 0 bridgehead atoms. The summed E-state index contributed by atoms with van der Waals surface area (Å²) < 4.78 is 29.5. The van der Waals surface area contributed by atoms with Gasteiger partial charge in [-0.25, -0.2) is 4.79 Å². The number of carbonyl (C=O) groups is 3. The van der Waals surface area contributed by atoms with Crippen molar-refractivity contribution in [1.82, 2.24) is 0 Å². The molecule has 1 N–H and O–H groups in total. The van der Waals surface area contributed by atoms with Gasteiger partial charge in [-0.3, -0.25) is 9.59 Å². The minimum atomic E-state index is -1.33. The first-order valence-electron chi connectivity index (χ1n) is 15.2. The molecular formula is C36H38O9. The van der Waals surface area contributed by atoms with Crippen molar-refractivity contribution >= 4 is 17.9 Å². The lowest BCUT2D eigenvalue weighted by Gasteiger charge is -2.44. The Morgan fingerprint density at radius 2 is 1.24 bits per heavy atom. The zero-order chi connectivity index (χ0) is 31.6. The lowest BCUT2D eigenvalue weighted by molar-refractivity contribution is -0.300. The van der Waals surface area contributed by atoms with Crippen molar-refractivity contribution in [1.29, 1.82) is 0 Å². The molecule has 0 radical (unpaired) electrons. The predicted octanol–water partition coefficient (Wildman–Crippen LogP) is 4.47. The largest absolute Gasteiger partial charge is 0.455 e. The van der Waals surface area contributed by atoms with Crippen molar-refractivity contribution in [2.45, 2.75) is 56.4 Å². The number of hydrogen-bond acceptors (Lipinski definition) is 9. The second kappa shape index (κ2) is 15.6. The van der Waals surface area contributed by atoms with Crippen LogP contribution in [0.2, 0.25) is 0 Å². The fraction of sp³-hybridized carbons (Fsp3) is 0.361. The fourth-order valence-electron chi connectivity index (χ4n) is 5.69. The van der Waals surface area contributed by atoms with E-state index in [1.165, 1.54) is 7.11 Å². The van der Waals surface area contributed by atoms with Gasteiger partial charge in [0, 0.05) is 7.11 Å². The summed E-state index contributed by atoms with van der Waals surface area (Å²) in [5, 5.41) is 10.3. The van der Waals surface area contributed by atoms with Gasteiger partial charge in [0.25, 0.3) is 0 Å². The molecule has 0 unspecified atom stereocenters. The number of fused-ring (bicyclic) bond motifs is 1. The first-order chi connectivity index (χ1) is 22.0. The van der Waals surface area contributed by atoms with Crippen LogP contribution < -0.4 is 0 Å². The minimum absolute atomic E-state index is 0.264. The summed E-state index contributed by atoms with van der Waals surface area (Å²) in [6, 6.07) is 27.5. The standard InChI is InChI=1S/C36H38O9/c1-41-36-32(45-33(38)26-17-9-4-10-18-26)31-30(29(23-37)42-36)43-34(39)27(21-24-13-5-2-6-14-24)19-11-12-20-28(35(40)44-31)22-25-15-7-3-8-16-25/h2-18,27-32,36-37H,19-23H2,1H3/t27-,28-,29-,30-,31+,32-,36+/m1/s1. The van der Waals surface area contributed by atoms with Gasteiger partial charge in [-0.15, -0.1) is 0 Å². The van der Waals surface area contributed by atoms with Gasteiger partial charge in [-0.1, -0.05) is 91.0 Å². The van der Waals surface area contributed by atoms with Gasteiger partial charge < -0.3 is 28.8 Å². The molecular weight excluding hydrogens is 576 g/mol. The number of hydrogen-bond donors (Lipinski definition) is 1. The first-order valence-corrected chi connectivity index (χ1v) is 15.2. The average molecular weight is 615 g/mol. The van der Waals surface area contributed by atoms with Gasteiger partial charge in [0.15, 0.2) is 24.6 Å². The maximum Gasteiger partial charge on any atom is 0.338 e. The lowest BCUT2D eigenvalue weighted by atomic mass is 9.92. The van der Waals surface area contributed by atoms with Gasteiger partial charge in [0.2, 0.25) is 0 Å². The molecule has 0 amide bonds. The van der Waals surface area contributed by atoms with E-state index in [2.05, 4.69) is 0 Å². The number of ether oxygens (including phenoxy) is 5. The number of aliphatic hydroxyl groups excluding tert-OH is 1. The van der Waals surface area contributed by atoms with E-state index in [0.29, 0.717) is 25.7 Å². The van der Waals surface area contributed by atoms with Gasteiger partial charge >= 0.3 is 17.9 Å². The smallest absolute Gasteiger partial charge is 0.338 e. The summed E-state index contributed by atoms with van der Waals surface area (Å²) in [4.78, 5) is 40.9. The minimum Gasteiger partial charge on any atom is -0.455 e. The molecule has 7 atom stereocenters. The molecule has 5 rings (SSSR count). The highest BCUT2D eigenvalue weighted by atomic mass is 16.7. The Labute approximate surface area is 262 Å². The van der Waals surface area contributed by atoms with Crippen LogP contribution in [-0.2, 0) is 46.1 Å². The van der Waals surface area contributed by atoms with E-state index in [4.69, 9.17) is 23.7 Å². The predicted molar refractivity (Wildman–Crippen MR) is 164 cm³/mol. The molecule has 9 heteroatoms. The molecule has 0 aromatic heterocycles. The van der Waals surface area contributed by atoms with Crippen LogP contribution >= 0.6 is 0 Å². The van der Waals surface area contributed by atoms with Crippen LogP contribution in [-0.4, -0.2) is 67.4 Å². The van der Waals surface area contributed by atoms with Crippen molar-refractivity contribution in [2.75, 3.05) is 13.7 Å². The van der Waals surface area contributed by atoms with E-state index in [0.717, 1.165) is 11.1 Å². The number of aliphatic hydroxyl groups is 1. The van der Waals surface area contributed by atoms with Gasteiger partial charge in [0.05, 0.1) is 24.0 Å². The van der Waals surface area contributed by atoms with Crippen molar-refractivity contribution in [3.63, 3.8) is 0 Å².